The topological polar surface area (TPSA) is 383 Å². The zero-order valence-electron chi connectivity index (χ0n) is 22.4. The molecule has 0 saturated heterocycles. The van der Waals surface area contributed by atoms with E-state index in [1.165, 1.54) is 20.8 Å². The number of nitrogens with zero attached hydrogens (tertiary/aromatic N) is 1. The average molecular weight is 555 g/mol. The van der Waals surface area contributed by atoms with Crippen LogP contribution in [-0.4, -0.2) is 89.1 Å². The van der Waals surface area contributed by atoms with E-state index in [0.29, 0.717) is 4.90 Å². The van der Waals surface area contributed by atoms with Crippen molar-refractivity contribution in [1.29, 1.82) is 0 Å². The fraction of sp³-hybridized carbons (Fsp3) is 0.500. The molecule has 0 saturated carbocycles. The maximum atomic E-state index is 10.5. The molecule has 0 rings (SSSR count). The molecule has 224 valence electrons. The highest BCUT2D eigenvalue weighted by molar-refractivity contribution is 6.08. The van der Waals surface area contributed by atoms with Crippen LogP contribution in [0.5, 0.6) is 0 Å². The molecule has 0 aromatic heterocycles. The van der Waals surface area contributed by atoms with Gasteiger partial charge in [-0.05, 0) is 0 Å². The van der Waals surface area contributed by atoms with Crippen molar-refractivity contribution in [3.05, 3.63) is 0 Å². The van der Waals surface area contributed by atoms with E-state index in [9.17, 15) is 14.4 Å². The number of aliphatic carboxylic acids is 6. The van der Waals surface area contributed by atoms with Crippen molar-refractivity contribution in [1.82, 2.24) is 23.4 Å². The fourth-order valence-corrected chi connectivity index (χ4v) is 0.665. The number of carbonyl (C=O) groups excluding carboxylic acids is 3. The lowest BCUT2D eigenvalue weighted by Gasteiger charge is -2.10. The smallest absolute Gasteiger partial charge is 0.300 e. The summed E-state index contributed by atoms with van der Waals surface area (Å²) in [4.78, 5) is 86.1. The quantitative estimate of drug-likeness (QED) is 0.201. The third kappa shape index (κ3) is 487. The zero-order chi connectivity index (χ0) is 29.8. The van der Waals surface area contributed by atoms with Crippen LogP contribution in [0.1, 0.15) is 62.3 Å². The number of rotatable bonds is 0. The van der Waals surface area contributed by atoms with Crippen molar-refractivity contribution in [3.8, 4) is 0 Å². The maximum absolute atomic E-state index is 10.5. The second kappa shape index (κ2) is 45.1. The van der Waals surface area contributed by atoms with Gasteiger partial charge in [0.15, 0.2) is 0 Å². The van der Waals surface area contributed by atoms with Crippen LogP contribution in [0, 0.1) is 0 Å². The molecule has 19 nitrogen and oxygen atoms in total. The summed E-state index contributed by atoms with van der Waals surface area (Å²) in [6.45, 7) is 10.0. The Bertz CT molecular complexity index is 530. The first-order valence-electron chi connectivity index (χ1n) is 8.35. The molecule has 0 atom stereocenters. The molecule has 0 aliphatic rings. The van der Waals surface area contributed by atoms with Crippen LogP contribution in [0.3, 0.4) is 0 Å². The molecule has 15 N–H and O–H groups in total. The lowest BCUT2D eigenvalue weighted by Crippen LogP contribution is -2.37. The van der Waals surface area contributed by atoms with Crippen molar-refractivity contribution >= 4 is 53.5 Å². The Kier molecular flexibility index (Phi) is 77.6. The van der Waals surface area contributed by atoms with E-state index in [-0.39, 0.29) is 18.5 Å². The fourth-order valence-electron chi connectivity index (χ4n) is 0.665. The highest BCUT2D eigenvalue weighted by Gasteiger charge is 2.17. The van der Waals surface area contributed by atoms with Gasteiger partial charge in [0.1, 0.15) is 0 Å². The average Bonchev–Trinajstić information content (AvgIpc) is 2.41. The van der Waals surface area contributed by atoms with Gasteiger partial charge in [0, 0.05) is 62.3 Å². The first-order valence-corrected chi connectivity index (χ1v) is 8.35. The van der Waals surface area contributed by atoms with Gasteiger partial charge in [-0.15, -0.1) is 0 Å². The molecule has 3 amide bonds. The maximum Gasteiger partial charge on any atom is 0.300 e. The lowest BCUT2D eigenvalue weighted by atomic mass is 10.4. The van der Waals surface area contributed by atoms with E-state index < -0.39 is 53.5 Å². The van der Waals surface area contributed by atoms with Gasteiger partial charge in [0.2, 0.25) is 17.7 Å². The molecule has 0 bridgehead atoms. The van der Waals surface area contributed by atoms with E-state index in [1.54, 1.807) is 0 Å². The predicted molar refractivity (Wildman–Crippen MR) is 129 cm³/mol. The van der Waals surface area contributed by atoms with Crippen molar-refractivity contribution in [2.75, 3.05) is 0 Å². The Morgan fingerprint density at radius 3 is 0.378 bits per heavy atom. The molecule has 0 aliphatic heterocycles. The van der Waals surface area contributed by atoms with E-state index in [4.69, 9.17) is 59.4 Å². The van der Waals surface area contributed by atoms with Crippen molar-refractivity contribution in [2.45, 2.75) is 62.3 Å². The highest BCUT2D eigenvalue weighted by atomic mass is 16.4. The minimum absolute atomic E-state index is 0. The first-order chi connectivity index (χ1) is 14.9. The number of hydrogen-bond donors (Lipinski definition) is 9. The van der Waals surface area contributed by atoms with Gasteiger partial charge in [-0.3, -0.25) is 43.2 Å². The third-order valence-corrected chi connectivity index (χ3v) is 0.945. The van der Waals surface area contributed by atoms with Crippen LogP contribution < -0.4 is 18.5 Å². The molecule has 0 spiro atoms. The molecule has 0 aromatic carbocycles. The van der Waals surface area contributed by atoms with E-state index in [1.807, 2.05) is 0 Å². The molecule has 0 fully saturated rings. The summed E-state index contributed by atoms with van der Waals surface area (Å²) in [6.07, 6.45) is 0. The minimum Gasteiger partial charge on any atom is -0.481 e. The van der Waals surface area contributed by atoms with Crippen LogP contribution in [0.15, 0.2) is 0 Å². The predicted octanol–water partition coefficient (Wildman–Crippen LogP) is 0.959. The van der Waals surface area contributed by atoms with Crippen LogP contribution in [0.25, 0.3) is 0 Å². The monoisotopic (exact) mass is 554 g/mol. The Morgan fingerprint density at radius 1 is 0.324 bits per heavy atom. The van der Waals surface area contributed by atoms with Gasteiger partial charge in [-0.1, -0.05) is 0 Å². The van der Waals surface area contributed by atoms with Crippen molar-refractivity contribution < 1.29 is 73.8 Å². The van der Waals surface area contributed by atoms with Crippen LogP contribution in [-0.2, 0) is 43.2 Å². The highest BCUT2D eigenvalue weighted by Crippen LogP contribution is 1.90. The molecule has 0 heterocycles. The van der Waals surface area contributed by atoms with E-state index in [0.717, 1.165) is 41.5 Å². The molecule has 37 heavy (non-hydrogen) atoms. The number of imide groups is 3. The first kappa shape index (κ1) is 63.7. The number of carbonyl (C=O) groups is 9. The summed E-state index contributed by atoms with van der Waals surface area (Å²) in [6, 6.07) is 0. The summed E-state index contributed by atoms with van der Waals surface area (Å²) < 4.78 is 0. The van der Waals surface area contributed by atoms with Gasteiger partial charge in [0.25, 0.3) is 35.8 Å². The SMILES string of the molecule is CC(=O)N(C(C)=O)C(C)=O.CC(=O)O.CC(=O)O.CC(=O)O.CC(=O)O.CC(=O)O.CC(=O)O.N.N.N. The standard InChI is InChI=1S/C6H9NO3.6C2H4O2.3H3N/c1-4(8)7(5(2)9)6(3)10;6*1-2(3)4;;;/h1-3H3;6*1H3,(H,3,4);3*1H3. The molecule has 0 aromatic rings. The van der Waals surface area contributed by atoms with Gasteiger partial charge in [-0.2, -0.15) is 0 Å². The van der Waals surface area contributed by atoms with Crippen molar-refractivity contribution in [3.63, 3.8) is 0 Å². The largest absolute Gasteiger partial charge is 0.481 e. The second-order valence-electron chi connectivity index (χ2n) is 5.01. The number of amides is 3. The van der Waals surface area contributed by atoms with Crippen LogP contribution in [0.4, 0.5) is 0 Å². The van der Waals surface area contributed by atoms with Gasteiger partial charge in [-0.25, -0.2) is 4.90 Å². The molecule has 0 radical (unpaired) electrons. The molecule has 0 unspecified atom stereocenters. The number of hydrogen-bond acceptors (Lipinski definition) is 12. The van der Waals surface area contributed by atoms with Gasteiger partial charge >= 0.3 is 0 Å². The van der Waals surface area contributed by atoms with Gasteiger partial charge < -0.3 is 49.1 Å². The normalized spacial score (nSPS) is 6.41. The summed E-state index contributed by atoms with van der Waals surface area (Å²) >= 11 is 0. The molecule has 19 heteroatoms. The van der Waals surface area contributed by atoms with E-state index >= 15 is 0 Å². The Balaban J connectivity index is -0.0000000297. The Labute approximate surface area is 213 Å². The van der Waals surface area contributed by atoms with Gasteiger partial charge in [0.05, 0.1) is 0 Å². The summed E-state index contributed by atoms with van der Waals surface area (Å²) in [5.41, 5.74) is 0. The van der Waals surface area contributed by atoms with Crippen LogP contribution in [0.2, 0.25) is 0 Å². The zero-order valence-corrected chi connectivity index (χ0v) is 22.4. The summed E-state index contributed by atoms with van der Waals surface area (Å²) in [5.74, 6) is -6.62. The number of carboxylic acids is 6. The second-order valence-corrected chi connectivity index (χ2v) is 5.01. The summed E-state index contributed by atoms with van der Waals surface area (Å²) in [7, 11) is 0. The third-order valence-electron chi connectivity index (χ3n) is 0.945. The van der Waals surface area contributed by atoms with Crippen LogP contribution >= 0.6 is 0 Å². The summed E-state index contributed by atoms with van der Waals surface area (Å²) in [5, 5.41) is 44.5. The molecular formula is C18H42N4O15. The molecular weight excluding hydrogens is 512 g/mol. The van der Waals surface area contributed by atoms with E-state index in [2.05, 4.69) is 0 Å². The van der Waals surface area contributed by atoms with Crippen molar-refractivity contribution in [2.24, 2.45) is 0 Å². The Hall–Kier alpha value is -4.49. The molecule has 0 aliphatic carbocycles. The Morgan fingerprint density at radius 2 is 0.378 bits per heavy atom. The number of carboxylic acid groups (broad SMARTS) is 6. The lowest BCUT2D eigenvalue weighted by molar-refractivity contribution is -0.151. The minimum atomic E-state index is -0.833.